The van der Waals surface area contributed by atoms with Crippen LogP contribution in [0.2, 0.25) is 5.02 Å². The van der Waals surface area contributed by atoms with Gasteiger partial charge in [0, 0.05) is 17.2 Å². The van der Waals surface area contributed by atoms with E-state index in [0.29, 0.717) is 16.3 Å². The summed E-state index contributed by atoms with van der Waals surface area (Å²) in [6.45, 7) is 0.140. The number of nitro benzene ring substituents is 1. The molecule has 2 saturated heterocycles. The van der Waals surface area contributed by atoms with Crippen LogP contribution in [0.25, 0.3) is 0 Å². The lowest BCUT2D eigenvalue weighted by Crippen LogP contribution is -2.37. The van der Waals surface area contributed by atoms with Gasteiger partial charge in [-0.15, -0.1) is 0 Å². The Morgan fingerprint density at radius 3 is 2.39 bits per heavy atom. The van der Waals surface area contributed by atoms with E-state index < -0.39 is 28.9 Å². The van der Waals surface area contributed by atoms with Crippen molar-refractivity contribution in [3.63, 3.8) is 0 Å². The first kappa shape index (κ1) is 21.1. The molecule has 0 aliphatic carbocycles. The van der Waals surface area contributed by atoms with Crippen LogP contribution >= 0.6 is 11.6 Å². The van der Waals surface area contributed by atoms with Crippen molar-refractivity contribution in [2.75, 3.05) is 5.06 Å². The Hall–Kier alpha value is -3.75. The van der Waals surface area contributed by atoms with E-state index in [1.165, 1.54) is 28.2 Å². The summed E-state index contributed by atoms with van der Waals surface area (Å²) in [5, 5.41) is 13.1. The fraction of sp³-hybridized carbons (Fsp3) is 0.167. The number of likely N-dealkylation sites (tertiary alicyclic amines) is 1. The van der Waals surface area contributed by atoms with E-state index in [0.717, 1.165) is 5.56 Å². The monoisotopic (exact) mass is 463 g/mol. The number of carbonyl (C=O) groups is 2. The maximum absolute atomic E-state index is 13.5. The number of non-ortho nitro benzene ring substituents is 1. The number of hydrogen-bond acceptors (Lipinski definition) is 6. The normalized spacial score (nSPS) is 22.0. The van der Waals surface area contributed by atoms with E-state index in [1.807, 2.05) is 30.3 Å². The quantitative estimate of drug-likeness (QED) is 0.318. The molecule has 2 fully saturated rings. The van der Waals surface area contributed by atoms with Crippen LogP contribution < -0.4 is 5.06 Å². The molecule has 0 unspecified atom stereocenters. The smallest absolute Gasteiger partial charge is 0.271 e. The molecule has 0 bridgehead atoms. The Bertz CT molecular complexity index is 1250. The fourth-order valence-corrected chi connectivity index (χ4v) is 4.64. The number of rotatable bonds is 5. The summed E-state index contributed by atoms with van der Waals surface area (Å²) in [5.41, 5.74) is 1.65. The molecule has 2 aliphatic rings. The summed E-state index contributed by atoms with van der Waals surface area (Å²) < 4.78 is 0. The van der Waals surface area contributed by atoms with E-state index in [2.05, 4.69) is 0 Å². The fourth-order valence-electron chi connectivity index (χ4n) is 4.39. The summed E-state index contributed by atoms with van der Waals surface area (Å²) in [6.07, 6.45) is -1.05. The Morgan fingerprint density at radius 2 is 1.67 bits per heavy atom. The summed E-state index contributed by atoms with van der Waals surface area (Å²) in [5.74, 6) is -1.66. The van der Waals surface area contributed by atoms with Gasteiger partial charge in [-0.25, -0.2) is 5.06 Å². The van der Waals surface area contributed by atoms with Crippen molar-refractivity contribution in [3.8, 4) is 0 Å². The molecule has 2 amide bonds. The van der Waals surface area contributed by atoms with Crippen molar-refractivity contribution in [3.05, 3.63) is 105 Å². The third-order valence-electron chi connectivity index (χ3n) is 5.91. The number of nitro groups is 1. The number of anilines is 1. The first-order valence-electron chi connectivity index (χ1n) is 10.3. The molecule has 3 atom stereocenters. The van der Waals surface area contributed by atoms with Crippen LogP contribution in [-0.4, -0.2) is 27.7 Å². The Morgan fingerprint density at radius 1 is 0.939 bits per heavy atom. The van der Waals surface area contributed by atoms with Crippen molar-refractivity contribution in [1.29, 1.82) is 0 Å². The summed E-state index contributed by atoms with van der Waals surface area (Å²) in [7, 11) is 0. The lowest BCUT2D eigenvalue weighted by molar-refractivity contribution is -0.384. The maximum atomic E-state index is 13.5. The molecule has 2 heterocycles. The number of fused-ring (bicyclic) bond motifs is 1. The standard InChI is InChI=1S/C24H18ClN3O5/c25-19-12-5-4-11-18(19)21-20-22(33-27(21)16-9-6-10-17(13-16)28(31)32)24(30)26(23(20)29)14-15-7-2-1-3-8-15/h1-13,20-22H,14H2/t20-,21-,22-/m1/s1. The molecule has 0 saturated carbocycles. The van der Waals surface area contributed by atoms with Crippen molar-refractivity contribution in [2.45, 2.75) is 18.7 Å². The highest BCUT2D eigenvalue weighted by Gasteiger charge is 2.60. The molecule has 2 aliphatic heterocycles. The summed E-state index contributed by atoms with van der Waals surface area (Å²) in [4.78, 5) is 44.7. The molecule has 0 spiro atoms. The van der Waals surface area contributed by atoms with Gasteiger partial charge >= 0.3 is 0 Å². The van der Waals surface area contributed by atoms with Gasteiger partial charge in [0.25, 0.3) is 11.6 Å². The van der Waals surface area contributed by atoms with Crippen LogP contribution in [-0.2, 0) is 21.0 Å². The van der Waals surface area contributed by atoms with Crippen LogP contribution in [0.4, 0.5) is 11.4 Å². The van der Waals surface area contributed by atoms with Crippen LogP contribution in [0.5, 0.6) is 0 Å². The SMILES string of the molecule is O=C1[C@@H]2[C@@H](c3ccccc3Cl)N(c3cccc([N+](=O)[O-])c3)O[C@H]2C(=O)N1Cc1ccccc1. The minimum atomic E-state index is -1.05. The lowest BCUT2D eigenvalue weighted by Gasteiger charge is -2.29. The second-order valence-corrected chi connectivity index (χ2v) is 8.28. The van der Waals surface area contributed by atoms with Crippen molar-refractivity contribution >= 4 is 34.8 Å². The Kier molecular flexibility index (Phi) is 5.32. The molecule has 3 aromatic rings. The van der Waals surface area contributed by atoms with Gasteiger partial charge in [-0.2, -0.15) is 0 Å². The topological polar surface area (TPSA) is 93.0 Å². The highest BCUT2D eigenvalue weighted by molar-refractivity contribution is 6.31. The maximum Gasteiger partial charge on any atom is 0.271 e. The van der Waals surface area contributed by atoms with Crippen molar-refractivity contribution in [2.24, 2.45) is 5.92 Å². The highest BCUT2D eigenvalue weighted by atomic mass is 35.5. The van der Waals surface area contributed by atoms with Crippen LogP contribution in [0.3, 0.4) is 0 Å². The van der Waals surface area contributed by atoms with Gasteiger partial charge in [0.15, 0.2) is 6.10 Å². The first-order valence-corrected chi connectivity index (χ1v) is 10.7. The zero-order chi connectivity index (χ0) is 23.1. The average molecular weight is 464 g/mol. The van der Waals surface area contributed by atoms with Gasteiger partial charge in [0.1, 0.15) is 5.92 Å². The van der Waals surface area contributed by atoms with Crippen LogP contribution in [0.1, 0.15) is 17.2 Å². The predicted octanol–water partition coefficient (Wildman–Crippen LogP) is 4.29. The van der Waals surface area contributed by atoms with E-state index in [1.54, 1.807) is 30.3 Å². The molecule has 0 aromatic heterocycles. The number of amides is 2. The molecule has 0 radical (unpaired) electrons. The number of halogens is 1. The van der Waals surface area contributed by atoms with E-state index in [4.69, 9.17) is 16.4 Å². The second kappa shape index (κ2) is 8.31. The number of imide groups is 1. The van der Waals surface area contributed by atoms with Gasteiger partial charge in [0.05, 0.1) is 23.2 Å². The first-order chi connectivity index (χ1) is 16.0. The van der Waals surface area contributed by atoms with Gasteiger partial charge in [-0.05, 0) is 23.3 Å². The Labute approximate surface area is 194 Å². The lowest BCUT2D eigenvalue weighted by atomic mass is 9.90. The number of hydrogen-bond donors (Lipinski definition) is 0. The van der Waals surface area contributed by atoms with Crippen LogP contribution in [0.15, 0.2) is 78.9 Å². The summed E-state index contributed by atoms with van der Waals surface area (Å²) >= 11 is 6.48. The molecule has 33 heavy (non-hydrogen) atoms. The third kappa shape index (κ3) is 3.63. The highest BCUT2D eigenvalue weighted by Crippen LogP contribution is 2.48. The second-order valence-electron chi connectivity index (χ2n) is 7.87. The van der Waals surface area contributed by atoms with E-state index in [9.17, 15) is 19.7 Å². The zero-order valence-corrected chi connectivity index (χ0v) is 18.0. The summed E-state index contributed by atoms with van der Waals surface area (Å²) in [6, 6.07) is 21.4. The molecule has 0 N–H and O–H groups in total. The molecule has 8 nitrogen and oxygen atoms in total. The molecular weight excluding hydrogens is 446 g/mol. The number of carbonyl (C=O) groups excluding carboxylic acids is 2. The van der Waals surface area contributed by atoms with Gasteiger partial charge in [-0.1, -0.05) is 66.2 Å². The van der Waals surface area contributed by atoms with Gasteiger partial charge in [-0.3, -0.25) is 29.4 Å². The van der Waals surface area contributed by atoms with Gasteiger partial charge in [0.2, 0.25) is 5.91 Å². The number of benzene rings is 3. The minimum absolute atomic E-state index is 0.130. The number of hydroxylamine groups is 1. The zero-order valence-electron chi connectivity index (χ0n) is 17.2. The molecule has 9 heteroatoms. The predicted molar refractivity (Wildman–Crippen MR) is 120 cm³/mol. The Balaban J connectivity index is 1.56. The molecular formula is C24H18ClN3O5. The largest absolute Gasteiger partial charge is 0.275 e. The number of nitrogens with zero attached hydrogens (tertiary/aromatic N) is 3. The van der Waals surface area contributed by atoms with Crippen LogP contribution in [0, 0.1) is 16.0 Å². The van der Waals surface area contributed by atoms with E-state index >= 15 is 0 Å². The van der Waals surface area contributed by atoms with Gasteiger partial charge < -0.3 is 0 Å². The van der Waals surface area contributed by atoms with Crippen molar-refractivity contribution < 1.29 is 19.3 Å². The molecule has 166 valence electrons. The molecule has 3 aromatic carbocycles. The minimum Gasteiger partial charge on any atom is -0.275 e. The van der Waals surface area contributed by atoms with Crippen molar-refractivity contribution in [1.82, 2.24) is 4.90 Å². The molecule has 5 rings (SSSR count). The average Bonchev–Trinajstić information content (AvgIpc) is 3.32. The third-order valence-corrected chi connectivity index (χ3v) is 6.25. The van der Waals surface area contributed by atoms with E-state index in [-0.39, 0.29) is 18.1 Å².